The Morgan fingerprint density at radius 1 is 0.923 bits per heavy atom. The van der Waals surface area contributed by atoms with E-state index in [0.29, 0.717) is 17.6 Å². The third kappa shape index (κ3) is 0.393. The third-order valence-corrected chi connectivity index (χ3v) is 6.31. The van der Waals surface area contributed by atoms with E-state index in [0.717, 1.165) is 35.5 Å². The number of Topliss-reactive ketones (excluding diaryl/α,β-unsaturated/α-hetero) is 1. The van der Waals surface area contributed by atoms with Gasteiger partial charge in [-0.25, -0.2) is 0 Å². The second-order valence-corrected chi connectivity index (χ2v) is 6.07. The lowest BCUT2D eigenvalue weighted by atomic mass is 9.63. The van der Waals surface area contributed by atoms with Crippen LogP contribution in [0.5, 0.6) is 0 Å². The molecule has 0 amide bonds. The van der Waals surface area contributed by atoms with Crippen molar-refractivity contribution in [2.24, 2.45) is 47.3 Å². The summed E-state index contributed by atoms with van der Waals surface area (Å²) in [5, 5.41) is 0. The number of carbonyl (C=O) groups excluding carboxylic acids is 1. The Bertz CT molecular complexity index is 325. The predicted octanol–water partition coefficient (Wildman–Crippen LogP) is 1.72. The highest BCUT2D eigenvalue weighted by Crippen LogP contribution is 2.79. The second-order valence-electron chi connectivity index (χ2n) is 6.07. The Morgan fingerprint density at radius 3 is 2.54 bits per heavy atom. The third-order valence-electron chi connectivity index (χ3n) is 6.31. The summed E-state index contributed by atoms with van der Waals surface area (Å²) in [6.45, 7) is 0. The topological polar surface area (TPSA) is 17.1 Å². The van der Waals surface area contributed by atoms with E-state index in [2.05, 4.69) is 0 Å². The number of ketones is 1. The highest BCUT2D eigenvalue weighted by Gasteiger charge is 2.77. The van der Waals surface area contributed by atoms with E-state index >= 15 is 0 Å². The molecular weight excluding hydrogens is 160 g/mol. The van der Waals surface area contributed by atoms with Crippen molar-refractivity contribution >= 4 is 5.78 Å². The van der Waals surface area contributed by atoms with E-state index in [1.807, 2.05) is 0 Å². The Morgan fingerprint density at radius 2 is 1.69 bits per heavy atom. The maximum atomic E-state index is 12.0. The van der Waals surface area contributed by atoms with Crippen LogP contribution in [0.2, 0.25) is 0 Å². The molecule has 0 N–H and O–H groups in total. The Hall–Kier alpha value is -0.330. The van der Waals surface area contributed by atoms with E-state index in [1.54, 1.807) is 0 Å². The monoisotopic (exact) mass is 174 g/mol. The first kappa shape index (κ1) is 6.21. The van der Waals surface area contributed by atoms with Crippen LogP contribution in [0.3, 0.4) is 0 Å². The zero-order valence-electron chi connectivity index (χ0n) is 7.65. The molecule has 13 heavy (non-hydrogen) atoms. The van der Waals surface area contributed by atoms with E-state index in [1.165, 1.54) is 19.3 Å². The van der Waals surface area contributed by atoms with E-state index in [4.69, 9.17) is 0 Å². The first-order valence-electron chi connectivity index (χ1n) is 5.91. The normalized spacial score (nSPS) is 74.9. The summed E-state index contributed by atoms with van der Waals surface area (Å²) in [7, 11) is 0. The van der Waals surface area contributed by atoms with Gasteiger partial charge in [-0.1, -0.05) is 0 Å². The number of carbonyl (C=O) groups is 1. The summed E-state index contributed by atoms with van der Waals surface area (Å²) >= 11 is 0. The summed E-state index contributed by atoms with van der Waals surface area (Å²) in [5.74, 6) is 7.59. The molecule has 0 spiro atoms. The van der Waals surface area contributed by atoms with Crippen molar-refractivity contribution in [3.05, 3.63) is 0 Å². The minimum atomic E-state index is 0.562. The number of rotatable bonds is 0. The molecule has 8 atom stereocenters. The van der Waals surface area contributed by atoms with Gasteiger partial charge in [0, 0.05) is 11.8 Å². The average Bonchev–Trinajstić information content (AvgIpc) is 2.77. The van der Waals surface area contributed by atoms with Gasteiger partial charge >= 0.3 is 0 Å². The molecule has 1 nitrogen and oxygen atoms in total. The summed E-state index contributed by atoms with van der Waals surface area (Å²) < 4.78 is 0. The van der Waals surface area contributed by atoms with Gasteiger partial charge in [-0.05, 0) is 54.8 Å². The van der Waals surface area contributed by atoms with Gasteiger partial charge in [0.25, 0.3) is 0 Å². The first-order valence-corrected chi connectivity index (χ1v) is 5.91. The Labute approximate surface area is 77.9 Å². The highest BCUT2D eigenvalue weighted by molar-refractivity contribution is 5.90. The zero-order chi connectivity index (χ0) is 8.32. The maximum absolute atomic E-state index is 12.0. The van der Waals surface area contributed by atoms with Crippen LogP contribution >= 0.6 is 0 Å². The van der Waals surface area contributed by atoms with Crippen LogP contribution in [-0.2, 0) is 4.79 Å². The maximum Gasteiger partial charge on any atom is 0.139 e. The molecule has 0 radical (unpaired) electrons. The molecule has 5 fully saturated rings. The van der Waals surface area contributed by atoms with Gasteiger partial charge in [0.2, 0.25) is 0 Å². The van der Waals surface area contributed by atoms with Gasteiger partial charge in [0.1, 0.15) is 5.78 Å². The van der Waals surface area contributed by atoms with Crippen LogP contribution < -0.4 is 0 Å². The van der Waals surface area contributed by atoms with Crippen LogP contribution in [0.1, 0.15) is 19.3 Å². The van der Waals surface area contributed by atoms with E-state index in [9.17, 15) is 4.79 Å². The summed E-state index contributed by atoms with van der Waals surface area (Å²) in [4.78, 5) is 12.0. The van der Waals surface area contributed by atoms with E-state index < -0.39 is 0 Å². The van der Waals surface area contributed by atoms with Crippen LogP contribution in [0, 0.1) is 47.3 Å². The molecule has 1 heteroatoms. The Balaban J connectivity index is 1.84. The van der Waals surface area contributed by atoms with Crippen molar-refractivity contribution < 1.29 is 4.79 Å². The molecule has 0 aliphatic heterocycles. The summed E-state index contributed by atoms with van der Waals surface area (Å²) in [6, 6.07) is 0. The zero-order valence-corrected chi connectivity index (χ0v) is 7.65. The molecule has 0 aromatic carbocycles. The fourth-order valence-corrected chi connectivity index (χ4v) is 6.49. The molecule has 5 aliphatic carbocycles. The van der Waals surface area contributed by atoms with E-state index in [-0.39, 0.29) is 0 Å². The number of hydrogen-bond acceptors (Lipinski definition) is 1. The lowest BCUT2D eigenvalue weighted by Crippen LogP contribution is -2.42. The SMILES string of the molecule is O=C1C2C3[C@H]4CC[C@@H]3[C@@H]3[C@H]4[C@@H]2C[C@@H]13. The van der Waals surface area contributed by atoms with Gasteiger partial charge < -0.3 is 0 Å². The molecule has 0 saturated heterocycles. The van der Waals surface area contributed by atoms with Gasteiger partial charge in [0.05, 0.1) is 0 Å². The van der Waals surface area contributed by atoms with Gasteiger partial charge in [-0.15, -0.1) is 0 Å². The predicted molar refractivity (Wildman–Crippen MR) is 46.8 cm³/mol. The van der Waals surface area contributed by atoms with Gasteiger partial charge in [-0.3, -0.25) is 4.79 Å². The fourth-order valence-electron chi connectivity index (χ4n) is 6.49. The number of fused-ring (bicyclic) bond motifs is 3. The van der Waals surface area contributed by atoms with Crippen molar-refractivity contribution in [3.8, 4) is 0 Å². The lowest BCUT2D eigenvalue weighted by Gasteiger charge is -2.40. The van der Waals surface area contributed by atoms with Crippen LogP contribution in [0.15, 0.2) is 0 Å². The molecule has 6 bridgehead atoms. The standard InChI is InChI=1S/C12H14O/c13-12-7-3-6-9-4-1-2-5(10(7)9)8(4)11(6)12/h4-11H,1-3H2/t4-,5+,6+,7-,8?,9-,10+,11?/m1/s1. The van der Waals surface area contributed by atoms with Crippen LogP contribution in [0.25, 0.3) is 0 Å². The first-order chi connectivity index (χ1) is 6.38. The van der Waals surface area contributed by atoms with Crippen LogP contribution in [-0.4, -0.2) is 5.78 Å². The molecule has 5 aliphatic rings. The summed E-state index contributed by atoms with van der Waals surface area (Å²) in [5.41, 5.74) is 0. The molecule has 68 valence electrons. The summed E-state index contributed by atoms with van der Waals surface area (Å²) in [6.07, 6.45) is 4.26. The largest absolute Gasteiger partial charge is 0.299 e. The van der Waals surface area contributed by atoms with Crippen molar-refractivity contribution in [3.63, 3.8) is 0 Å². The van der Waals surface area contributed by atoms with Crippen molar-refractivity contribution in [2.75, 3.05) is 0 Å². The number of hydrogen-bond donors (Lipinski definition) is 0. The van der Waals surface area contributed by atoms with Crippen molar-refractivity contribution in [1.82, 2.24) is 0 Å². The van der Waals surface area contributed by atoms with Crippen molar-refractivity contribution in [1.29, 1.82) is 0 Å². The highest BCUT2D eigenvalue weighted by atomic mass is 16.1. The molecule has 5 saturated carbocycles. The average molecular weight is 174 g/mol. The second kappa shape index (κ2) is 1.51. The molecule has 0 aromatic heterocycles. The quantitative estimate of drug-likeness (QED) is 0.546. The molecule has 2 unspecified atom stereocenters. The molecule has 0 heterocycles. The minimum Gasteiger partial charge on any atom is -0.299 e. The van der Waals surface area contributed by atoms with Crippen molar-refractivity contribution in [2.45, 2.75) is 19.3 Å². The molecular formula is C12H14O. The van der Waals surface area contributed by atoms with Gasteiger partial charge in [-0.2, -0.15) is 0 Å². The lowest BCUT2D eigenvalue weighted by molar-refractivity contribution is -0.134. The molecule has 5 rings (SSSR count). The molecule has 0 aromatic rings. The van der Waals surface area contributed by atoms with Gasteiger partial charge in [0.15, 0.2) is 0 Å². The van der Waals surface area contributed by atoms with Crippen LogP contribution in [0.4, 0.5) is 0 Å². The fraction of sp³-hybridized carbons (Fsp3) is 0.917. The Kier molecular flexibility index (Phi) is 0.721. The minimum absolute atomic E-state index is 0.562. The smallest absolute Gasteiger partial charge is 0.139 e.